The number of hydrogen-bond donors (Lipinski definition) is 1. The van der Waals surface area contributed by atoms with Gasteiger partial charge in [-0.15, -0.1) is 0 Å². The largest absolute Gasteiger partial charge is 0.328 e. The topological polar surface area (TPSA) is 92.1 Å². The predicted molar refractivity (Wildman–Crippen MR) is 86.5 cm³/mol. The number of fused-ring (bicyclic) bond motifs is 1. The first-order valence-corrected chi connectivity index (χ1v) is 8.14. The number of carbonyl (C=O) groups is 1. The van der Waals surface area contributed by atoms with Gasteiger partial charge in [0.15, 0.2) is 11.5 Å². The molecule has 0 radical (unpaired) electrons. The Hall–Kier alpha value is -2.77. The summed E-state index contributed by atoms with van der Waals surface area (Å²) in [5.74, 6) is 1.38. The van der Waals surface area contributed by atoms with Crippen molar-refractivity contribution in [3.8, 4) is 0 Å². The van der Waals surface area contributed by atoms with Gasteiger partial charge in [0, 0.05) is 18.4 Å². The second-order valence-electron chi connectivity index (χ2n) is 6.18. The van der Waals surface area contributed by atoms with Crippen LogP contribution in [0.5, 0.6) is 0 Å². The van der Waals surface area contributed by atoms with Crippen molar-refractivity contribution in [2.75, 3.05) is 6.54 Å². The summed E-state index contributed by atoms with van der Waals surface area (Å²) in [6, 6.07) is 1.77. The molecule has 1 saturated heterocycles. The number of H-pyrrole nitrogens is 1. The van der Waals surface area contributed by atoms with Gasteiger partial charge in [0.2, 0.25) is 0 Å². The van der Waals surface area contributed by atoms with Gasteiger partial charge in [0.05, 0.1) is 12.2 Å². The number of aryl methyl sites for hydroxylation is 2. The Morgan fingerprint density at radius 1 is 1.29 bits per heavy atom. The minimum Gasteiger partial charge on any atom is -0.328 e. The molecule has 3 aromatic heterocycles. The van der Waals surface area contributed by atoms with Crippen LogP contribution < -0.4 is 0 Å². The standard InChI is InChI=1S/C16H19N7O/c1-10-6-8-23-15(18-10)12(9-17-23)16(24)22-7-4-3-5-13(22)14-19-11(2)20-21-14/h6,8-9,13H,3-5,7H2,1-2H3,(H,19,20,21). The highest BCUT2D eigenvalue weighted by molar-refractivity contribution is 5.99. The van der Waals surface area contributed by atoms with Crippen molar-refractivity contribution < 1.29 is 4.79 Å². The molecule has 4 rings (SSSR count). The lowest BCUT2D eigenvalue weighted by atomic mass is 10.0. The number of piperidine rings is 1. The molecule has 1 fully saturated rings. The minimum absolute atomic E-state index is 0.0600. The van der Waals surface area contributed by atoms with E-state index in [1.54, 1.807) is 10.7 Å². The molecule has 0 aromatic carbocycles. The fourth-order valence-electron chi connectivity index (χ4n) is 3.22. The highest BCUT2D eigenvalue weighted by atomic mass is 16.2. The quantitative estimate of drug-likeness (QED) is 0.776. The minimum atomic E-state index is -0.101. The number of hydrogen-bond acceptors (Lipinski definition) is 5. The van der Waals surface area contributed by atoms with E-state index in [0.717, 1.165) is 30.8 Å². The van der Waals surface area contributed by atoms with Crippen molar-refractivity contribution in [2.45, 2.75) is 39.2 Å². The first-order valence-electron chi connectivity index (χ1n) is 8.14. The summed E-state index contributed by atoms with van der Waals surface area (Å²) in [4.78, 5) is 23.9. The Morgan fingerprint density at radius 2 is 2.17 bits per heavy atom. The van der Waals surface area contributed by atoms with Crippen molar-refractivity contribution >= 4 is 11.6 Å². The highest BCUT2D eigenvalue weighted by Gasteiger charge is 2.32. The third kappa shape index (κ3) is 2.44. The van der Waals surface area contributed by atoms with Gasteiger partial charge in [-0.2, -0.15) is 10.2 Å². The summed E-state index contributed by atoms with van der Waals surface area (Å²) < 4.78 is 1.64. The van der Waals surface area contributed by atoms with Gasteiger partial charge in [0.1, 0.15) is 11.4 Å². The van der Waals surface area contributed by atoms with Gasteiger partial charge in [-0.1, -0.05) is 0 Å². The molecular formula is C16H19N7O. The van der Waals surface area contributed by atoms with Gasteiger partial charge >= 0.3 is 0 Å². The smallest absolute Gasteiger partial charge is 0.259 e. The fourth-order valence-corrected chi connectivity index (χ4v) is 3.22. The van der Waals surface area contributed by atoms with Crippen LogP contribution in [0.15, 0.2) is 18.5 Å². The summed E-state index contributed by atoms with van der Waals surface area (Å²) in [6.07, 6.45) is 6.33. The zero-order valence-corrected chi connectivity index (χ0v) is 13.7. The van der Waals surface area contributed by atoms with Crippen molar-refractivity contribution in [2.24, 2.45) is 0 Å². The first kappa shape index (κ1) is 14.8. The van der Waals surface area contributed by atoms with Gasteiger partial charge in [0.25, 0.3) is 5.91 Å². The number of aromatic amines is 1. The monoisotopic (exact) mass is 325 g/mol. The van der Waals surface area contributed by atoms with Crippen LogP contribution in [0, 0.1) is 13.8 Å². The van der Waals surface area contributed by atoms with Gasteiger partial charge in [-0.25, -0.2) is 14.5 Å². The van der Waals surface area contributed by atoms with E-state index in [0.29, 0.717) is 23.6 Å². The van der Waals surface area contributed by atoms with E-state index in [9.17, 15) is 4.79 Å². The van der Waals surface area contributed by atoms with Crippen LogP contribution in [-0.2, 0) is 0 Å². The van der Waals surface area contributed by atoms with Crippen molar-refractivity contribution in [1.82, 2.24) is 34.7 Å². The van der Waals surface area contributed by atoms with Gasteiger partial charge < -0.3 is 4.90 Å². The normalized spacial score (nSPS) is 18.2. The maximum Gasteiger partial charge on any atom is 0.259 e. The zero-order chi connectivity index (χ0) is 16.7. The zero-order valence-electron chi connectivity index (χ0n) is 13.7. The maximum absolute atomic E-state index is 13.1. The highest BCUT2D eigenvalue weighted by Crippen LogP contribution is 2.30. The third-order valence-electron chi connectivity index (χ3n) is 4.41. The SMILES string of the molecule is Cc1ccn2ncc(C(=O)N3CCCCC3c3n[nH]c(C)n3)c2n1. The van der Waals surface area contributed by atoms with Crippen LogP contribution in [0.25, 0.3) is 5.65 Å². The maximum atomic E-state index is 13.1. The molecule has 1 unspecified atom stereocenters. The Kier molecular flexibility index (Phi) is 3.51. The molecule has 8 heteroatoms. The average molecular weight is 325 g/mol. The third-order valence-corrected chi connectivity index (χ3v) is 4.41. The number of nitrogens with zero attached hydrogens (tertiary/aromatic N) is 6. The van der Waals surface area contributed by atoms with E-state index in [1.165, 1.54) is 0 Å². The van der Waals surface area contributed by atoms with Crippen LogP contribution in [0.3, 0.4) is 0 Å². The van der Waals surface area contributed by atoms with Gasteiger partial charge in [-0.05, 0) is 39.2 Å². The summed E-state index contributed by atoms with van der Waals surface area (Å²) in [7, 11) is 0. The lowest BCUT2D eigenvalue weighted by molar-refractivity contribution is 0.0602. The first-order chi connectivity index (χ1) is 11.6. The number of amides is 1. The molecule has 1 N–H and O–H groups in total. The lowest BCUT2D eigenvalue weighted by Crippen LogP contribution is -2.39. The summed E-state index contributed by atoms with van der Waals surface area (Å²) in [6.45, 7) is 4.46. The number of nitrogens with one attached hydrogen (secondary N) is 1. The number of carbonyl (C=O) groups excluding carboxylic acids is 1. The fraction of sp³-hybridized carbons (Fsp3) is 0.438. The Morgan fingerprint density at radius 3 is 2.96 bits per heavy atom. The molecule has 3 aromatic rings. The molecule has 0 spiro atoms. The predicted octanol–water partition coefficient (Wildman–Crippen LogP) is 1.83. The molecule has 4 heterocycles. The van der Waals surface area contributed by atoms with E-state index >= 15 is 0 Å². The Labute approximate surface area is 138 Å². The van der Waals surface area contributed by atoms with Gasteiger partial charge in [-0.3, -0.25) is 9.89 Å². The van der Waals surface area contributed by atoms with Crippen molar-refractivity contribution in [3.63, 3.8) is 0 Å². The molecule has 0 saturated carbocycles. The number of aromatic nitrogens is 6. The molecule has 1 aliphatic rings. The van der Waals surface area contributed by atoms with Crippen LogP contribution in [0.2, 0.25) is 0 Å². The number of likely N-dealkylation sites (tertiary alicyclic amines) is 1. The van der Waals surface area contributed by atoms with E-state index in [2.05, 4.69) is 25.3 Å². The lowest BCUT2D eigenvalue weighted by Gasteiger charge is -2.33. The molecule has 0 aliphatic carbocycles. The van der Waals surface area contributed by atoms with Crippen LogP contribution in [0.4, 0.5) is 0 Å². The summed E-state index contributed by atoms with van der Waals surface area (Å²) in [5.41, 5.74) is 1.98. The molecule has 8 nitrogen and oxygen atoms in total. The van der Waals surface area contributed by atoms with E-state index in [-0.39, 0.29) is 11.9 Å². The molecule has 1 atom stereocenters. The molecule has 0 bridgehead atoms. The van der Waals surface area contributed by atoms with Crippen molar-refractivity contribution in [3.05, 3.63) is 41.4 Å². The summed E-state index contributed by atoms with van der Waals surface area (Å²) >= 11 is 0. The Balaban J connectivity index is 1.71. The van der Waals surface area contributed by atoms with Crippen LogP contribution >= 0.6 is 0 Å². The molecule has 1 aliphatic heterocycles. The van der Waals surface area contributed by atoms with Crippen molar-refractivity contribution in [1.29, 1.82) is 0 Å². The van der Waals surface area contributed by atoms with Crippen LogP contribution in [0.1, 0.15) is 53.0 Å². The number of rotatable bonds is 2. The molecular weight excluding hydrogens is 306 g/mol. The Bertz CT molecular complexity index is 897. The van der Waals surface area contributed by atoms with Crippen LogP contribution in [-0.4, -0.2) is 47.1 Å². The van der Waals surface area contributed by atoms with E-state index in [4.69, 9.17) is 0 Å². The summed E-state index contributed by atoms with van der Waals surface area (Å²) in [5, 5.41) is 11.4. The molecule has 1 amide bonds. The second kappa shape index (κ2) is 5.70. The van der Waals surface area contributed by atoms with E-state index in [1.807, 2.05) is 31.0 Å². The van der Waals surface area contributed by atoms with E-state index < -0.39 is 0 Å². The second-order valence-corrected chi connectivity index (χ2v) is 6.18. The molecule has 24 heavy (non-hydrogen) atoms. The molecule has 124 valence electrons. The average Bonchev–Trinajstić information content (AvgIpc) is 3.20.